The molecule has 1 rings (SSSR count). The Morgan fingerprint density at radius 3 is 2.41 bits per heavy atom. The maximum Gasteiger partial charge on any atom is 0.156 e. The van der Waals surface area contributed by atoms with Crippen LogP contribution in [-0.4, -0.2) is 24.8 Å². The van der Waals surface area contributed by atoms with Gasteiger partial charge in [-0.1, -0.05) is 36.4 Å². The Hall–Kier alpha value is -1.83. The van der Waals surface area contributed by atoms with Crippen molar-refractivity contribution in [1.29, 1.82) is 0 Å². The van der Waals surface area contributed by atoms with E-state index in [1.807, 2.05) is 67.7 Å². The number of hydrogen-bond donors (Lipinski definition) is 0. The molecule has 0 atom stereocenters. The van der Waals surface area contributed by atoms with Gasteiger partial charge in [-0.15, -0.1) is 0 Å². The number of carbonyl (C=O) groups excluding carboxylic acids is 1. The monoisotopic (exact) mass is 229 g/mol. The average molecular weight is 229 g/mol. The van der Waals surface area contributed by atoms with Crippen LogP contribution < -0.4 is 0 Å². The van der Waals surface area contributed by atoms with E-state index in [4.69, 9.17) is 0 Å². The SMILES string of the molecule is CC(=O)/C(=C\C=C\N(C)C)Cc1ccccc1. The van der Waals surface area contributed by atoms with Crippen molar-refractivity contribution >= 4 is 5.78 Å². The zero-order valence-corrected chi connectivity index (χ0v) is 10.7. The summed E-state index contributed by atoms with van der Waals surface area (Å²) in [6.07, 6.45) is 6.40. The summed E-state index contributed by atoms with van der Waals surface area (Å²) in [4.78, 5) is 13.4. The second-order valence-corrected chi connectivity index (χ2v) is 4.22. The molecule has 0 aliphatic carbocycles. The Bertz CT molecular complexity index is 416. The van der Waals surface area contributed by atoms with E-state index in [0.29, 0.717) is 6.42 Å². The first-order valence-corrected chi connectivity index (χ1v) is 5.68. The molecule has 0 bridgehead atoms. The predicted molar refractivity (Wildman–Crippen MR) is 71.7 cm³/mol. The summed E-state index contributed by atoms with van der Waals surface area (Å²) in [5, 5.41) is 0. The van der Waals surface area contributed by atoms with Crippen molar-refractivity contribution in [3.05, 3.63) is 59.8 Å². The van der Waals surface area contributed by atoms with Crippen LogP contribution in [0.1, 0.15) is 12.5 Å². The third-order valence-electron chi connectivity index (χ3n) is 2.37. The van der Waals surface area contributed by atoms with E-state index in [1.165, 1.54) is 0 Å². The maximum atomic E-state index is 11.5. The number of nitrogens with zero attached hydrogens (tertiary/aromatic N) is 1. The highest BCUT2D eigenvalue weighted by Gasteiger charge is 2.03. The molecule has 0 fully saturated rings. The molecule has 0 aliphatic rings. The molecular weight excluding hydrogens is 210 g/mol. The molecule has 2 nitrogen and oxygen atoms in total. The van der Waals surface area contributed by atoms with E-state index in [-0.39, 0.29) is 5.78 Å². The Labute approximate surface area is 103 Å². The van der Waals surface area contributed by atoms with Gasteiger partial charge in [0.1, 0.15) is 0 Å². The van der Waals surface area contributed by atoms with Gasteiger partial charge in [-0.3, -0.25) is 4.79 Å². The number of rotatable bonds is 5. The Kier molecular flexibility index (Phi) is 5.21. The second-order valence-electron chi connectivity index (χ2n) is 4.22. The van der Waals surface area contributed by atoms with Gasteiger partial charge in [0, 0.05) is 20.5 Å². The van der Waals surface area contributed by atoms with Gasteiger partial charge in [-0.2, -0.15) is 0 Å². The molecule has 90 valence electrons. The quantitative estimate of drug-likeness (QED) is 0.571. The molecule has 0 saturated carbocycles. The van der Waals surface area contributed by atoms with Gasteiger partial charge in [0.15, 0.2) is 5.78 Å². The van der Waals surface area contributed by atoms with Gasteiger partial charge < -0.3 is 4.90 Å². The van der Waals surface area contributed by atoms with Gasteiger partial charge in [0.05, 0.1) is 0 Å². The number of benzene rings is 1. The fourth-order valence-corrected chi connectivity index (χ4v) is 1.45. The number of allylic oxidation sites excluding steroid dienone is 3. The van der Waals surface area contributed by atoms with Crippen LogP contribution in [0.15, 0.2) is 54.3 Å². The van der Waals surface area contributed by atoms with Crippen molar-refractivity contribution in [2.24, 2.45) is 0 Å². The summed E-state index contributed by atoms with van der Waals surface area (Å²) in [6, 6.07) is 10.0. The lowest BCUT2D eigenvalue weighted by atomic mass is 10.0. The number of ketones is 1. The molecule has 0 saturated heterocycles. The summed E-state index contributed by atoms with van der Waals surface area (Å²) >= 11 is 0. The molecule has 0 radical (unpaired) electrons. The van der Waals surface area contributed by atoms with Crippen molar-refractivity contribution < 1.29 is 4.79 Å². The van der Waals surface area contributed by atoms with Crippen molar-refractivity contribution in [2.75, 3.05) is 14.1 Å². The summed E-state index contributed by atoms with van der Waals surface area (Å²) < 4.78 is 0. The van der Waals surface area contributed by atoms with E-state index in [1.54, 1.807) is 6.92 Å². The standard InChI is InChI=1S/C15H19NO/c1-13(17)15(10-7-11-16(2)3)12-14-8-5-4-6-9-14/h4-11H,12H2,1-3H3/b11-7+,15-10-. The van der Waals surface area contributed by atoms with Crippen LogP contribution in [-0.2, 0) is 11.2 Å². The molecule has 1 aromatic carbocycles. The summed E-state index contributed by atoms with van der Waals surface area (Å²) in [7, 11) is 3.91. The predicted octanol–water partition coefficient (Wildman–Crippen LogP) is 2.82. The second kappa shape index (κ2) is 6.69. The fourth-order valence-electron chi connectivity index (χ4n) is 1.45. The Balaban J connectivity index is 2.77. The van der Waals surface area contributed by atoms with Crippen molar-refractivity contribution in [3.8, 4) is 0 Å². The minimum Gasteiger partial charge on any atom is -0.383 e. The van der Waals surface area contributed by atoms with E-state index >= 15 is 0 Å². The third-order valence-corrected chi connectivity index (χ3v) is 2.37. The maximum absolute atomic E-state index is 11.5. The van der Waals surface area contributed by atoms with Gasteiger partial charge in [-0.05, 0) is 30.3 Å². The third kappa shape index (κ3) is 5.16. The summed E-state index contributed by atoms with van der Waals surface area (Å²) in [5.41, 5.74) is 1.99. The van der Waals surface area contributed by atoms with E-state index in [9.17, 15) is 4.79 Å². The fraction of sp³-hybridized carbons (Fsp3) is 0.267. The molecule has 0 aliphatic heterocycles. The number of carbonyl (C=O) groups is 1. The molecule has 0 spiro atoms. The number of Topliss-reactive ketones (excluding diaryl/α,β-unsaturated/α-hetero) is 1. The molecule has 2 heteroatoms. The highest BCUT2D eigenvalue weighted by Crippen LogP contribution is 2.09. The minimum atomic E-state index is 0.122. The average Bonchev–Trinajstić information content (AvgIpc) is 2.28. The van der Waals surface area contributed by atoms with Gasteiger partial charge in [0.2, 0.25) is 0 Å². The van der Waals surface area contributed by atoms with Crippen LogP contribution in [0.4, 0.5) is 0 Å². The lowest BCUT2D eigenvalue weighted by Gasteiger charge is -2.04. The molecule has 0 amide bonds. The Morgan fingerprint density at radius 1 is 1.24 bits per heavy atom. The molecule has 0 heterocycles. The van der Waals surface area contributed by atoms with Crippen LogP contribution in [0.25, 0.3) is 0 Å². The molecule has 0 aromatic heterocycles. The molecule has 17 heavy (non-hydrogen) atoms. The minimum absolute atomic E-state index is 0.122. The van der Waals surface area contributed by atoms with Gasteiger partial charge in [0.25, 0.3) is 0 Å². The number of hydrogen-bond acceptors (Lipinski definition) is 2. The van der Waals surface area contributed by atoms with Crippen LogP contribution in [0.5, 0.6) is 0 Å². The van der Waals surface area contributed by atoms with E-state index < -0.39 is 0 Å². The van der Waals surface area contributed by atoms with Gasteiger partial charge in [-0.25, -0.2) is 0 Å². The lowest BCUT2D eigenvalue weighted by molar-refractivity contribution is -0.113. The van der Waals surface area contributed by atoms with Crippen LogP contribution in [0.3, 0.4) is 0 Å². The summed E-state index contributed by atoms with van der Waals surface area (Å²) in [5.74, 6) is 0.122. The highest BCUT2D eigenvalue weighted by molar-refractivity contribution is 5.93. The first-order valence-electron chi connectivity index (χ1n) is 5.68. The first kappa shape index (κ1) is 13.2. The molecule has 0 N–H and O–H groups in total. The highest BCUT2D eigenvalue weighted by atomic mass is 16.1. The van der Waals surface area contributed by atoms with Crippen LogP contribution >= 0.6 is 0 Å². The Morgan fingerprint density at radius 2 is 1.88 bits per heavy atom. The van der Waals surface area contributed by atoms with Crippen molar-refractivity contribution in [1.82, 2.24) is 4.90 Å². The van der Waals surface area contributed by atoms with Crippen molar-refractivity contribution in [3.63, 3.8) is 0 Å². The zero-order chi connectivity index (χ0) is 12.7. The van der Waals surface area contributed by atoms with Crippen LogP contribution in [0, 0.1) is 0 Å². The smallest absolute Gasteiger partial charge is 0.156 e. The summed E-state index contributed by atoms with van der Waals surface area (Å²) in [6.45, 7) is 1.61. The lowest BCUT2D eigenvalue weighted by Crippen LogP contribution is -2.02. The van der Waals surface area contributed by atoms with Crippen LogP contribution in [0.2, 0.25) is 0 Å². The van der Waals surface area contributed by atoms with Crippen molar-refractivity contribution in [2.45, 2.75) is 13.3 Å². The molecule has 0 unspecified atom stereocenters. The topological polar surface area (TPSA) is 20.3 Å². The normalized spacial score (nSPS) is 11.8. The first-order chi connectivity index (χ1) is 8.09. The van der Waals surface area contributed by atoms with E-state index in [0.717, 1.165) is 11.1 Å². The molecular formula is C15H19NO. The largest absolute Gasteiger partial charge is 0.383 e. The van der Waals surface area contributed by atoms with E-state index in [2.05, 4.69) is 0 Å². The zero-order valence-electron chi connectivity index (χ0n) is 10.7. The van der Waals surface area contributed by atoms with Gasteiger partial charge >= 0.3 is 0 Å². The molecule has 1 aromatic rings.